The highest BCUT2D eigenvalue weighted by atomic mass is 16.6. The van der Waals surface area contributed by atoms with Crippen LogP contribution in [0.5, 0.6) is 0 Å². The van der Waals surface area contributed by atoms with Crippen molar-refractivity contribution in [1.29, 1.82) is 0 Å². The largest absolute Gasteiger partial charge is 0.277 e. The monoisotopic (exact) mass is 422 g/mol. The van der Waals surface area contributed by atoms with Gasteiger partial charge in [-0.3, -0.25) is 20.2 Å². The molecule has 6 rings (SSSR count). The zero-order valence-electron chi connectivity index (χ0n) is 17.0. The van der Waals surface area contributed by atoms with Crippen molar-refractivity contribution in [3.63, 3.8) is 0 Å². The fraction of sp³-hybridized carbons (Fsp3) is 0.0769. The van der Waals surface area contributed by atoms with Crippen LogP contribution in [0.1, 0.15) is 22.3 Å². The quantitative estimate of drug-likeness (QED) is 0.241. The van der Waals surface area contributed by atoms with Crippen LogP contribution in [-0.2, 0) is 12.8 Å². The highest BCUT2D eigenvalue weighted by molar-refractivity contribution is 5.84. The second kappa shape index (κ2) is 7.74. The summed E-state index contributed by atoms with van der Waals surface area (Å²) in [6.45, 7) is 0. The first kappa shape index (κ1) is 19.6. The van der Waals surface area contributed by atoms with Crippen LogP contribution in [0.3, 0.4) is 0 Å². The average Bonchev–Trinajstić information content (AvgIpc) is 3.37. The van der Waals surface area contributed by atoms with Crippen molar-refractivity contribution in [2.75, 3.05) is 0 Å². The van der Waals surface area contributed by atoms with Crippen LogP contribution in [0.25, 0.3) is 22.3 Å². The third kappa shape index (κ3) is 3.22. The Bertz CT molecular complexity index is 1390. The van der Waals surface area contributed by atoms with E-state index < -0.39 is 0 Å². The summed E-state index contributed by atoms with van der Waals surface area (Å²) in [6, 6.07) is 26.4. The van der Waals surface area contributed by atoms with Crippen molar-refractivity contribution in [1.82, 2.24) is 0 Å². The molecule has 0 fully saturated rings. The second-order valence-corrected chi connectivity index (χ2v) is 7.80. The van der Waals surface area contributed by atoms with Gasteiger partial charge in [0.2, 0.25) is 0 Å². The molecule has 0 spiro atoms. The van der Waals surface area contributed by atoms with E-state index in [1.807, 2.05) is 60.7 Å². The number of rotatable bonds is 2. The van der Waals surface area contributed by atoms with Gasteiger partial charge in [0.05, 0.1) is 15.4 Å². The molecule has 4 aromatic carbocycles. The summed E-state index contributed by atoms with van der Waals surface area (Å²) in [6.07, 6.45) is 1.47. The van der Waals surface area contributed by atoms with E-state index in [1.165, 1.54) is 11.1 Å². The number of hydrogen-bond acceptors (Lipinski definition) is 4. The lowest BCUT2D eigenvalue weighted by Gasteiger charge is -2.01. The third-order valence-corrected chi connectivity index (χ3v) is 6.02. The number of benzene rings is 4. The molecule has 6 heteroatoms. The summed E-state index contributed by atoms with van der Waals surface area (Å²) in [7, 11) is 0. The smallest absolute Gasteiger partial charge is 0.258 e. The molecule has 0 radical (unpaired) electrons. The van der Waals surface area contributed by atoms with Gasteiger partial charge in [0, 0.05) is 24.1 Å². The van der Waals surface area contributed by atoms with Gasteiger partial charge in [0.15, 0.2) is 0 Å². The van der Waals surface area contributed by atoms with Crippen LogP contribution in [0.4, 0.5) is 11.4 Å². The van der Waals surface area contributed by atoms with Crippen molar-refractivity contribution >= 4 is 11.4 Å². The standard InChI is InChI=1S/2C13H9NO2/c15-14(16)12-7-3-5-10-8-9-4-1-2-6-11(9)13(10)12;15-14(16)13-7-3-6-11-10-5-2-1-4-9(10)8-12(11)13/h2*1-7H,8H2. The lowest BCUT2D eigenvalue weighted by atomic mass is 10.0. The van der Waals surface area contributed by atoms with E-state index in [1.54, 1.807) is 24.3 Å². The van der Waals surface area contributed by atoms with Crippen LogP contribution >= 0.6 is 0 Å². The van der Waals surface area contributed by atoms with E-state index in [4.69, 9.17) is 0 Å². The highest BCUT2D eigenvalue weighted by Gasteiger charge is 2.26. The van der Waals surface area contributed by atoms with Gasteiger partial charge in [0.25, 0.3) is 11.4 Å². The third-order valence-electron chi connectivity index (χ3n) is 6.02. The first-order valence-electron chi connectivity index (χ1n) is 10.2. The van der Waals surface area contributed by atoms with E-state index in [0.29, 0.717) is 6.42 Å². The van der Waals surface area contributed by atoms with E-state index in [2.05, 4.69) is 0 Å². The van der Waals surface area contributed by atoms with Gasteiger partial charge in [-0.05, 0) is 39.8 Å². The highest BCUT2D eigenvalue weighted by Crippen LogP contribution is 2.42. The van der Waals surface area contributed by atoms with Gasteiger partial charge in [-0.1, -0.05) is 72.8 Å². The minimum absolute atomic E-state index is 0.211. The first-order chi connectivity index (χ1) is 15.5. The molecule has 0 atom stereocenters. The molecule has 0 amide bonds. The average molecular weight is 422 g/mol. The molecule has 0 bridgehead atoms. The summed E-state index contributed by atoms with van der Waals surface area (Å²) in [5.41, 5.74) is 8.61. The number of fused-ring (bicyclic) bond motifs is 6. The molecule has 0 unspecified atom stereocenters. The number of nitrogens with zero attached hydrogens (tertiary/aromatic N) is 2. The predicted octanol–water partition coefficient (Wildman–Crippen LogP) is 6.33. The Morgan fingerprint density at radius 1 is 0.531 bits per heavy atom. The van der Waals surface area contributed by atoms with Gasteiger partial charge >= 0.3 is 0 Å². The molecule has 0 N–H and O–H groups in total. The van der Waals surface area contributed by atoms with Gasteiger partial charge in [-0.25, -0.2) is 0 Å². The van der Waals surface area contributed by atoms with E-state index in [-0.39, 0.29) is 21.2 Å². The van der Waals surface area contributed by atoms with Crippen molar-refractivity contribution in [3.8, 4) is 22.3 Å². The summed E-state index contributed by atoms with van der Waals surface area (Å²) in [4.78, 5) is 21.3. The summed E-state index contributed by atoms with van der Waals surface area (Å²) >= 11 is 0. The topological polar surface area (TPSA) is 86.3 Å². The van der Waals surface area contributed by atoms with Crippen molar-refractivity contribution in [2.45, 2.75) is 12.8 Å². The van der Waals surface area contributed by atoms with Crippen molar-refractivity contribution in [2.24, 2.45) is 0 Å². The zero-order valence-corrected chi connectivity index (χ0v) is 17.0. The molecule has 6 nitrogen and oxygen atoms in total. The molecule has 32 heavy (non-hydrogen) atoms. The lowest BCUT2D eigenvalue weighted by Crippen LogP contribution is -1.93. The fourth-order valence-corrected chi connectivity index (χ4v) is 4.63. The second-order valence-electron chi connectivity index (χ2n) is 7.80. The molecule has 156 valence electrons. The molecule has 0 aromatic heterocycles. The SMILES string of the molecule is O=[N+]([O-])c1cccc2c1-c1ccccc1C2.O=[N+]([O-])c1cccc2c1Cc1ccccc1-2. The van der Waals surface area contributed by atoms with Crippen LogP contribution in [-0.4, -0.2) is 9.85 Å². The minimum Gasteiger partial charge on any atom is -0.258 e. The van der Waals surface area contributed by atoms with E-state index in [9.17, 15) is 20.2 Å². The molecule has 2 aliphatic rings. The first-order valence-corrected chi connectivity index (χ1v) is 10.2. The molecule has 0 aliphatic heterocycles. The van der Waals surface area contributed by atoms with Crippen molar-refractivity contribution in [3.05, 3.63) is 127 Å². The molecule has 0 saturated carbocycles. The van der Waals surface area contributed by atoms with Crippen molar-refractivity contribution < 1.29 is 9.85 Å². The normalized spacial score (nSPS) is 12.0. The maximum absolute atomic E-state index is 11.0. The summed E-state index contributed by atoms with van der Waals surface area (Å²) < 4.78 is 0. The van der Waals surface area contributed by atoms with E-state index >= 15 is 0 Å². The molecule has 0 saturated heterocycles. The molecule has 4 aromatic rings. The van der Waals surface area contributed by atoms with Crippen LogP contribution in [0.2, 0.25) is 0 Å². The van der Waals surface area contributed by atoms with Crippen LogP contribution < -0.4 is 0 Å². The lowest BCUT2D eigenvalue weighted by molar-refractivity contribution is -0.385. The minimum atomic E-state index is -0.305. The molecule has 2 aliphatic carbocycles. The Kier molecular flexibility index (Phi) is 4.75. The Labute approximate surface area is 184 Å². The number of nitro groups is 2. The van der Waals surface area contributed by atoms with Crippen LogP contribution in [0.15, 0.2) is 84.9 Å². The molecule has 0 heterocycles. The molecular weight excluding hydrogens is 404 g/mol. The summed E-state index contributed by atoms with van der Waals surface area (Å²) in [5.74, 6) is 0. The van der Waals surface area contributed by atoms with E-state index in [0.717, 1.165) is 39.8 Å². The molecular formula is C26H18N2O4. The number of hydrogen-bond donors (Lipinski definition) is 0. The predicted molar refractivity (Wildman–Crippen MR) is 123 cm³/mol. The summed E-state index contributed by atoms with van der Waals surface area (Å²) in [5, 5.41) is 21.9. The Balaban J connectivity index is 0.000000135. The zero-order chi connectivity index (χ0) is 22.2. The van der Waals surface area contributed by atoms with Gasteiger partial charge in [-0.2, -0.15) is 0 Å². The van der Waals surface area contributed by atoms with Gasteiger partial charge < -0.3 is 0 Å². The maximum Gasteiger partial charge on any atom is 0.277 e. The Morgan fingerprint density at radius 2 is 1.06 bits per heavy atom. The Hall–Kier alpha value is -4.32. The number of nitro benzene ring substituents is 2. The van der Waals surface area contributed by atoms with Gasteiger partial charge in [0.1, 0.15) is 0 Å². The maximum atomic E-state index is 11.0. The Morgan fingerprint density at radius 3 is 1.78 bits per heavy atom. The fourth-order valence-electron chi connectivity index (χ4n) is 4.63. The van der Waals surface area contributed by atoms with Gasteiger partial charge in [-0.15, -0.1) is 0 Å². The van der Waals surface area contributed by atoms with Crippen LogP contribution in [0, 0.1) is 20.2 Å².